The number of aryl methyl sites for hydroxylation is 1. The van der Waals surface area contributed by atoms with Crippen LogP contribution in [0.15, 0.2) is 15.7 Å². The first-order valence-electron chi connectivity index (χ1n) is 6.01. The first-order chi connectivity index (χ1) is 9.83. The maximum Gasteiger partial charge on any atom is 0.265 e. The molecule has 0 aliphatic rings. The lowest BCUT2D eigenvalue weighted by Gasteiger charge is -2.07. The predicted molar refractivity (Wildman–Crippen MR) is 73.9 cm³/mol. The zero-order valence-electron chi connectivity index (χ0n) is 11.4. The first-order valence-corrected chi connectivity index (χ1v) is 8.44. The summed E-state index contributed by atoms with van der Waals surface area (Å²) >= 11 is 0.931. The van der Waals surface area contributed by atoms with Crippen LogP contribution in [0.5, 0.6) is 0 Å². The Hall–Kier alpha value is -1.39. The molecule has 0 saturated heterocycles. The molecule has 0 fully saturated rings. The molecule has 0 bridgehead atoms. The van der Waals surface area contributed by atoms with Gasteiger partial charge in [0.15, 0.2) is 0 Å². The fourth-order valence-electron chi connectivity index (χ4n) is 1.72. The van der Waals surface area contributed by atoms with Crippen LogP contribution in [0.3, 0.4) is 0 Å². The van der Waals surface area contributed by atoms with Crippen LogP contribution in [0.1, 0.15) is 23.6 Å². The molecule has 0 unspecified atom stereocenters. The summed E-state index contributed by atoms with van der Waals surface area (Å²) in [4.78, 5) is -0.364. The van der Waals surface area contributed by atoms with Crippen molar-refractivity contribution < 1.29 is 17.2 Å². The van der Waals surface area contributed by atoms with E-state index in [0.717, 1.165) is 16.7 Å². The van der Waals surface area contributed by atoms with Crippen LogP contribution in [0.25, 0.3) is 0 Å². The van der Waals surface area contributed by atoms with Crippen molar-refractivity contribution in [1.82, 2.24) is 19.5 Å². The van der Waals surface area contributed by atoms with E-state index in [1.54, 1.807) is 18.5 Å². The second-order valence-electron chi connectivity index (χ2n) is 4.36. The van der Waals surface area contributed by atoms with Crippen molar-refractivity contribution >= 4 is 21.4 Å². The van der Waals surface area contributed by atoms with E-state index < -0.39 is 22.0 Å². The van der Waals surface area contributed by atoms with Gasteiger partial charge in [0.25, 0.3) is 6.43 Å². The molecule has 2 aromatic rings. The minimum absolute atomic E-state index is 0.0623. The molecule has 0 aromatic carbocycles. The van der Waals surface area contributed by atoms with Crippen LogP contribution >= 0.6 is 11.3 Å². The van der Waals surface area contributed by atoms with Gasteiger partial charge in [-0.25, -0.2) is 21.9 Å². The van der Waals surface area contributed by atoms with Gasteiger partial charge in [-0.05, 0) is 6.92 Å². The van der Waals surface area contributed by atoms with Crippen LogP contribution < -0.4 is 4.72 Å². The summed E-state index contributed by atoms with van der Waals surface area (Å²) in [5.74, 6) is 1.33. The highest BCUT2D eigenvalue weighted by molar-refractivity contribution is 7.89. The van der Waals surface area contributed by atoms with Gasteiger partial charge in [-0.2, -0.15) is 11.3 Å². The standard InChI is InChI=1S/C11H14F2N4O2S2/c1-7-15-16-10(17(7)2)3-4-14-21(18,19)9-6-20-5-8(9)11(12)13/h5-6,11,14H,3-4H2,1-2H3. The fourth-order valence-corrected chi connectivity index (χ4v) is 4.15. The molecule has 0 atom stereocenters. The smallest absolute Gasteiger partial charge is 0.265 e. The van der Waals surface area contributed by atoms with Crippen LogP contribution in [-0.2, 0) is 23.5 Å². The summed E-state index contributed by atoms with van der Waals surface area (Å²) in [7, 11) is -2.18. The second kappa shape index (κ2) is 6.16. The lowest BCUT2D eigenvalue weighted by molar-refractivity contribution is 0.148. The molecule has 0 saturated carbocycles. The molecule has 6 nitrogen and oxygen atoms in total. The van der Waals surface area contributed by atoms with E-state index in [2.05, 4.69) is 14.9 Å². The van der Waals surface area contributed by atoms with Gasteiger partial charge in [0, 0.05) is 36.3 Å². The summed E-state index contributed by atoms with van der Waals surface area (Å²) in [6, 6.07) is 0. The van der Waals surface area contributed by atoms with Gasteiger partial charge in [-0.1, -0.05) is 0 Å². The van der Waals surface area contributed by atoms with Crippen molar-refractivity contribution in [2.24, 2.45) is 7.05 Å². The van der Waals surface area contributed by atoms with E-state index in [9.17, 15) is 17.2 Å². The van der Waals surface area contributed by atoms with E-state index in [-0.39, 0.29) is 11.4 Å². The van der Waals surface area contributed by atoms with Crippen LogP contribution in [0.4, 0.5) is 8.78 Å². The Morgan fingerprint density at radius 3 is 2.67 bits per heavy atom. The van der Waals surface area contributed by atoms with Crippen molar-refractivity contribution in [3.8, 4) is 0 Å². The van der Waals surface area contributed by atoms with Gasteiger partial charge < -0.3 is 4.57 Å². The van der Waals surface area contributed by atoms with Crippen molar-refractivity contribution in [3.63, 3.8) is 0 Å². The van der Waals surface area contributed by atoms with Crippen molar-refractivity contribution in [2.45, 2.75) is 24.7 Å². The molecular weight excluding hydrogens is 322 g/mol. The third-order valence-electron chi connectivity index (χ3n) is 3.00. The molecule has 0 spiro atoms. The second-order valence-corrected chi connectivity index (χ2v) is 6.84. The Labute approximate surface area is 124 Å². The lowest BCUT2D eigenvalue weighted by Crippen LogP contribution is -2.27. The number of hydrogen-bond acceptors (Lipinski definition) is 5. The molecule has 0 amide bonds. The van der Waals surface area contributed by atoms with Crippen molar-refractivity contribution in [2.75, 3.05) is 6.54 Å². The summed E-state index contributed by atoms with van der Waals surface area (Å²) in [5, 5.41) is 10.1. The highest BCUT2D eigenvalue weighted by Crippen LogP contribution is 2.29. The summed E-state index contributed by atoms with van der Waals surface area (Å²) < 4.78 is 53.5. The molecule has 10 heteroatoms. The number of sulfonamides is 1. The van der Waals surface area contributed by atoms with Crippen LogP contribution in [0.2, 0.25) is 0 Å². The Balaban J connectivity index is 2.05. The molecule has 2 aromatic heterocycles. The minimum atomic E-state index is -3.95. The SMILES string of the molecule is Cc1nnc(CCNS(=O)(=O)c2cscc2C(F)F)n1C. The Kier molecular flexibility index (Phi) is 4.69. The van der Waals surface area contributed by atoms with E-state index >= 15 is 0 Å². The van der Waals surface area contributed by atoms with Gasteiger partial charge in [0.05, 0.1) is 0 Å². The molecule has 2 rings (SSSR count). The van der Waals surface area contributed by atoms with Gasteiger partial charge >= 0.3 is 0 Å². The number of rotatable bonds is 6. The molecule has 1 N–H and O–H groups in total. The number of aromatic nitrogens is 3. The average molecular weight is 336 g/mol. The van der Waals surface area contributed by atoms with E-state index in [4.69, 9.17) is 0 Å². The molecule has 116 valence electrons. The zero-order chi connectivity index (χ0) is 15.6. The maximum absolute atomic E-state index is 12.7. The van der Waals surface area contributed by atoms with Crippen LogP contribution in [-0.4, -0.2) is 29.7 Å². The third kappa shape index (κ3) is 3.44. The topological polar surface area (TPSA) is 76.9 Å². The molecule has 0 radical (unpaired) electrons. The van der Waals surface area contributed by atoms with E-state index in [1.165, 1.54) is 5.38 Å². The van der Waals surface area contributed by atoms with Gasteiger partial charge in [0.1, 0.15) is 16.5 Å². The van der Waals surface area contributed by atoms with Crippen molar-refractivity contribution in [3.05, 3.63) is 28.0 Å². The Morgan fingerprint density at radius 1 is 1.38 bits per heavy atom. The Morgan fingerprint density at radius 2 is 2.10 bits per heavy atom. The summed E-state index contributed by atoms with van der Waals surface area (Å²) in [5.41, 5.74) is -0.470. The number of nitrogens with one attached hydrogen (secondary N) is 1. The van der Waals surface area contributed by atoms with E-state index in [0.29, 0.717) is 18.1 Å². The third-order valence-corrected chi connectivity index (χ3v) is 5.43. The minimum Gasteiger partial charge on any atom is -0.318 e. The number of alkyl halides is 2. The fraction of sp³-hybridized carbons (Fsp3) is 0.455. The normalized spacial score (nSPS) is 12.2. The van der Waals surface area contributed by atoms with Gasteiger partial charge in [-0.15, -0.1) is 10.2 Å². The predicted octanol–water partition coefficient (Wildman–Crippen LogP) is 1.64. The lowest BCUT2D eigenvalue weighted by atomic mass is 10.4. The molecule has 0 aliphatic carbocycles. The van der Waals surface area contributed by atoms with E-state index in [1.807, 2.05) is 0 Å². The highest BCUT2D eigenvalue weighted by atomic mass is 32.2. The van der Waals surface area contributed by atoms with Crippen molar-refractivity contribution in [1.29, 1.82) is 0 Å². The van der Waals surface area contributed by atoms with Gasteiger partial charge in [-0.3, -0.25) is 0 Å². The van der Waals surface area contributed by atoms with Crippen LogP contribution in [0, 0.1) is 6.92 Å². The Bertz CT molecular complexity index is 724. The quantitative estimate of drug-likeness (QED) is 0.870. The summed E-state index contributed by atoms with van der Waals surface area (Å²) in [6.45, 7) is 1.84. The highest BCUT2D eigenvalue weighted by Gasteiger charge is 2.24. The largest absolute Gasteiger partial charge is 0.318 e. The number of hydrogen-bond donors (Lipinski definition) is 1. The molecule has 0 aliphatic heterocycles. The average Bonchev–Trinajstić information content (AvgIpc) is 3.01. The first kappa shape index (κ1) is 16.0. The number of thiophene rings is 1. The molecule has 21 heavy (non-hydrogen) atoms. The number of halogens is 2. The molecule has 2 heterocycles. The maximum atomic E-state index is 12.7. The summed E-state index contributed by atoms with van der Waals surface area (Å²) in [6.07, 6.45) is -2.49. The number of nitrogens with zero attached hydrogens (tertiary/aromatic N) is 3. The molecular formula is C11H14F2N4O2S2. The monoisotopic (exact) mass is 336 g/mol. The van der Waals surface area contributed by atoms with Gasteiger partial charge in [0.2, 0.25) is 10.0 Å². The zero-order valence-corrected chi connectivity index (χ0v) is 13.0.